The Morgan fingerprint density at radius 2 is 1.54 bits per heavy atom. The Balaban J connectivity index is 2.01. The molecule has 6 nitrogen and oxygen atoms in total. The standard InChI is InChI=1S/C17H15FN2O4/c1-10(15(21)11-2-6-13(18)7-3-11)24-16(22)12-4-8-14(9-5-12)20-17(19)23/h2-10H,1H3,(H3,19,20,23)/t10-/m1/s1. The Morgan fingerprint density at radius 3 is 2.08 bits per heavy atom. The quantitative estimate of drug-likeness (QED) is 0.650. The summed E-state index contributed by atoms with van der Waals surface area (Å²) in [6.45, 7) is 1.44. The van der Waals surface area contributed by atoms with Gasteiger partial charge >= 0.3 is 12.0 Å². The van der Waals surface area contributed by atoms with Gasteiger partial charge in [0, 0.05) is 11.3 Å². The molecule has 0 bridgehead atoms. The van der Waals surface area contributed by atoms with Crippen molar-refractivity contribution >= 4 is 23.5 Å². The summed E-state index contributed by atoms with van der Waals surface area (Å²) in [5.41, 5.74) is 5.87. The van der Waals surface area contributed by atoms with Gasteiger partial charge in [-0.1, -0.05) is 0 Å². The molecule has 0 aromatic heterocycles. The van der Waals surface area contributed by atoms with Crippen LogP contribution in [0.25, 0.3) is 0 Å². The van der Waals surface area contributed by atoms with Gasteiger partial charge in [0.2, 0.25) is 5.78 Å². The number of carbonyl (C=O) groups excluding carboxylic acids is 3. The lowest BCUT2D eigenvalue weighted by molar-refractivity contribution is 0.0319. The van der Waals surface area contributed by atoms with Crippen molar-refractivity contribution in [1.82, 2.24) is 0 Å². The van der Waals surface area contributed by atoms with Crippen LogP contribution in [0.2, 0.25) is 0 Å². The third kappa shape index (κ3) is 4.39. The van der Waals surface area contributed by atoms with Crippen LogP contribution in [0.5, 0.6) is 0 Å². The first kappa shape index (κ1) is 17.1. The van der Waals surface area contributed by atoms with Crippen LogP contribution < -0.4 is 11.1 Å². The Labute approximate surface area is 137 Å². The monoisotopic (exact) mass is 330 g/mol. The maximum atomic E-state index is 12.9. The summed E-state index contributed by atoms with van der Waals surface area (Å²) in [6, 6.07) is 10.1. The van der Waals surface area contributed by atoms with Gasteiger partial charge in [0.05, 0.1) is 5.56 Å². The second kappa shape index (κ2) is 7.36. The lowest BCUT2D eigenvalue weighted by Gasteiger charge is -2.12. The molecule has 124 valence electrons. The van der Waals surface area contributed by atoms with E-state index in [1.165, 1.54) is 43.3 Å². The second-order valence-electron chi connectivity index (χ2n) is 4.99. The molecule has 0 unspecified atom stereocenters. The van der Waals surface area contributed by atoms with Crippen molar-refractivity contribution in [2.75, 3.05) is 5.32 Å². The SMILES string of the molecule is C[C@@H](OC(=O)c1ccc(NC(N)=O)cc1)C(=O)c1ccc(F)cc1. The minimum atomic E-state index is -1.02. The molecule has 3 N–H and O–H groups in total. The number of benzene rings is 2. The van der Waals surface area contributed by atoms with E-state index in [0.29, 0.717) is 5.69 Å². The predicted molar refractivity (Wildman–Crippen MR) is 85.3 cm³/mol. The molecule has 0 radical (unpaired) electrons. The van der Waals surface area contributed by atoms with Crippen molar-refractivity contribution in [2.45, 2.75) is 13.0 Å². The van der Waals surface area contributed by atoms with Crippen molar-refractivity contribution in [2.24, 2.45) is 5.73 Å². The number of Topliss-reactive ketones (excluding diaryl/α,β-unsaturated/α-hetero) is 1. The highest BCUT2D eigenvalue weighted by Gasteiger charge is 2.20. The van der Waals surface area contributed by atoms with E-state index in [9.17, 15) is 18.8 Å². The third-order valence-electron chi connectivity index (χ3n) is 3.17. The summed E-state index contributed by atoms with van der Waals surface area (Å²) in [7, 11) is 0. The molecule has 0 fully saturated rings. The fourth-order valence-electron chi connectivity index (χ4n) is 1.96. The fraction of sp³-hybridized carbons (Fsp3) is 0.118. The van der Waals surface area contributed by atoms with E-state index in [1.54, 1.807) is 0 Å². The van der Waals surface area contributed by atoms with Crippen LogP contribution >= 0.6 is 0 Å². The Hall–Kier alpha value is -3.22. The van der Waals surface area contributed by atoms with Gasteiger partial charge in [-0.25, -0.2) is 14.0 Å². The van der Waals surface area contributed by atoms with Gasteiger partial charge < -0.3 is 15.8 Å². The highest BCUT2D eigenvalue weighted by molar-refractivity contribution is 6.01. The molecule has 0 spiro atoms. The van der Waals surface area contributed by atoms with Gasteiger partial charge in [-0.05, 0) is 55.5 Å². The van der Waals surface area contributed by atoms with Gasteiger partial charge in [-0.3, -0.25) is 4.79 Å². The molecular weight excluding hydrogens is 315 g/mol. The van der Waals surface area contributed by atoms with Crippen LogP contribution in [0.15, 0.2) is 48.5 Å². The topological polar surface area (TPSA) is 98.5 Å². The zero-order valence-corrected chi connectivity index (χ0v) is 12.8. The highest BCUT2D eigenvalue weighted by Crippen LogP contribution is 2.13. The first-order valence-electron chi connectivity index (χ1n) is 7.04. The molecule has 0 saturated carbocycles. The normalized spacial score (nSPS) is 11.4. The number of nitrogens with one attached hydrogen (secondary N) is 1. The zero-order chi connectivity index (χ0) is 17.7. The van der Waals surface area contributed by atoms with Crippen LogP contribution in [0.4, 0.5) is 14.9 Å². The van der Waals surface area contributed by atoms with Gasteiger partial charge in [0.1, 0.15) is 5.82 Å². The first-order chi connectivity index (χ1) is 11.4. The molecule has 7 heteroatoms. The van der Waals surface area contributed by atoms with Crippen LogP contribution in [-0.2, 0) is 4.74 Å². The Morgan fingerprint density at radius 1 is 1.00 bits per heavy atom. The number of amides is 2. The largest absolute Gasteiger partial charge is 0.451 e. The third-order valence-corrected chi connectivity index (χ3v) is 3.17. The number of carbonyl (C=O) groups is 3. The van der Waals surface area contributed by atoms with Gasteiger partial charge in [0.25, 0.3) is 0 Å². The molecule has 2 aromatic carbocycles. The number of primary amides is 1. The molecule has 2 rings (SSSR count). The maximum Gasteiger partial charge on any atom is 0.338 e. The van der Waals surface area contributed by atoms with Gasteiger partial charge in [0.15, 0.2) is 6.10 Å². The van der Waals surface area contributed by atoms with E-state index in [1.807, 2.05) is 0 Å². The van der Waals surface area contributed by atoms with Crippen molar-refractivity contribution < 1.29 is 23.5 Å². The summed E-state index contributed by atoms with van der Waals surface area (Å²) in [4.78, 5) is 34.9. The Kier molecular flexibility index (Phi) is 5.26. The zero-order valence-electron chi connectivity index (χ0n) is 12.8. The molecule has 0 aliphatic heterocycles. The molecule has 2 amide bonds. The van der Waals surface area contributed by atoms with Crippen molar-refractivity contribution in [3.05, 3.63) is 65.5 Å². The van der Waals surface area contributed by atoms with Crippen LogP contribution in [0.3, 0.4) is 0 Å². The van der Waals surface area contributed by atoms with E-state index in [0.717, 1.165) is 12.1 Å². The van der Waals surface area contributed by atoms with E-state index in [-0.39, 0.29) is 11.1 Å². The van der Waals surface area contributed by atoms with Crippen molar-refractivity contribution in [1.29, 1.82) is 0 Å². The summed E-state index contributed by atoms with van der Waals surface area (Å²) in [5.74, 6) is -1.58. The number of anilines is 1. The summed E-state index contributed by atoms with van der Waals surface area (Å²) >= 11 is 0. The molecule has 24 heavy (non-hydrogen) atoms. The highest BCUT2D eigenvalue weighted by atomic mass is 19.1. The lowest BCUT2D eigenvalue weighted by atomic mass is 10.1. The number of hydrogen-bond donors (Lipinski definition) is 2. The summed E-state index contributed by atoms with van der Waals surface area (Å²) < 4.78 is 18.0. The smallest absolute Gasteiger partial charge is 0.338 e. The Bertz CT molecular complexity index is 757. The van der Waals surface area contributed by atoms with Crippen molar-refractivity contribution in [3.63, 3.8) is 0 Å². The van der Waals surface area contributed by atoms with Crippen LogP contribution in [0, 0.1) is 5.82 Å². The number of nitrogens with two attached hydrogens (primary N) is 1. The molecule has 2 aromatic rings. The number of esters is 1. The molecule has 0 heterocycles. The summed E-state index contributed by atoms with van der Waals surface area (Å²) in [6.07, 6.45) is -1.02. The van der Waals surface area contributed by atoms with E-state index < -0.39 is 29.7 Å². The minimum Gasteiger partial charge on any atom is -0.451 e. The van der Waals surface area contributed by atoms with Crippen molar-refractivity contribution in [3.8, 4) is 0 Å². The lowest BCUT2D eigenvalue weighted by Crippen LogP contribution is -2.24. The predicted octanol–water partition coefficient (Wildman–Crippen LogP) is 2.74. The number of ketones is 1. The molecule has 0 aliphatic carbocycles. The first-order valence-corrected chi connectivity index (χ1v) is 7.04. The molecule has 0 aliphatic rings. The van der Waals surface area contributed by atoms with E-state index >= 15 is 0 Å². The number of urea groups is 1. The van der Waals surface area contributed by atoms with Gasteiger partial charge in [-0.15, -0.1) is 0 Å². The van der Waals surface area contributed by atoms with Crippen LogP contribution in [0.1, 0.15) is 27.6 Å². The van der Waals surface area contributed by atoms with E-state index in [4.69, 9.17) is 10.5 Å². The van der Waals surface area contributed by atoms with E-state index in [2.05, 4.69) is 5.32 Å². The minimum absolute atomic E-state index is 0.212. The summed E-state index contributed by atoms with van der Waals surface area (Å²) in [5, 5.41) is 2.36. The molecule has 1 atom stereocenters. The number of rotatable bonds is 5. The number of hydrogen-bond acceptors (Lipinski definition) is 4. The molecule has 0 saturated heterocycles. The maximum absolute atomic E-state index is 12.9. The second-order valence-corrected chi connectivity index (χ2v) is 4.99. The average Bonchev–Trinajstić information content (AvgIpc) is 2.55. The van der Waals surface area contributed by atoms with Gasteiger partial charge in [-0.2, -0.15) is 0 Å². The number of halogens is 1. The number of ether oxygens (including phenoxy) is 1. The fourth-order valence-corrected chi connectivity index (χ4v) is 1.96. The molecular formula is C17H15FN2O4. The van der Waals surface area contributed by atoms with Crippen LogP contribution in [-0.4, -0.2) is 23.9 Å². The average molecular weight is 330 g/mol.